The number of sulfonamides is 1. The summed E-state index contributed by atoms with van der Waals surface area (Å²) in [6, 6.07) is 19.1. The number of rotatable bonds is 13. The minimum absolute atomic E-state index is 0.0361. The number of piperazine rings is 1. The molecule has 59 heavy (non-hydrogen) atoms. The zero-order valence-electron chi connectivity index (χ0n) is 32.9. The molecule has 0 bridgehead atoms. The van der Waals surface area contributed by atoms with E-state index in [9.17, 15) is 31.2 Å². The van der Waals surface area contributed by atoms with Gasteiger partial charge in [-0.3, -0.25) is 29.0 Å². The molecule has 2 amide bonds. The number of anilines is 6. The standard InChI is InChI=1S/C40H48F3N11O4S/c1-51(59(2,57)58)37-28(4-3-17-44-37)24-45-36-33(40(41,42)43)25-46-39(50-36)48-30-9-11-31(12-10-30)53-18-15-32(16-19-53)54-22-20-52(21-23-54)26-27-5-7-29(8-6-27)47-34-13-14-35(55)49-38(34)56/h3-12,17,25,32,34,47H,13-16,18-24,26H2,1-2H3,(H,49,55,56)(H2,45,46,48,50). The van der Waals surface area contributed by atoms with Crippen LogP contribution in [0.4, 0.5) is 47.8 Å². The Hall–Kier alpha value is -5.53. The topological polar surface area (TPSA) is 168 Å². The molecular weight excluding hydrogens is 788 g/mol. The molecule has 4 N–H and O–H groups in total. The lowest BCUT2D eigenvalue weighted by molar-refractivity contribution is -0.137. The van der Waals surface area contributed by atoms with Crippen LogP contribution in [0.15, 0.2) is 73.1 Å². The molecular formula is C40H48F3N11O4S. The summed E-state index contributed by atoms with van der Waals surface area (Å²) in [6.45, 7) is 6.50. The summed E-state index contributed by atoms with van der Waals surface area (Å²) in [4.78, 5) is 43.1. The molecule has 0 saturated carbocycles. The number of pyridine rings is 1. The fourth-order valence-electron chi connectivity index (χ4n) is 7.63. The number of piperidine rings is 2. The van der Waals surface area contributed by atoms with Crippen LogP contribution in [0, 0.1) is 0 Å². The second-order valence-electron chi connectivity index (χ2n) is 15.1. The molecule has 3 saturated heterocycles. The van der Waals surface area contributed by atoms with Crippen molar-refractivity contribution >= 4 is 56.5 Å². The molecule has 19 heteroatoms. The number of halogens is 3. The van der Waals surface area contributed by atoms with Crippen molar-refractivity contribution in [3.8, 4) is 0 Å². The van der Waals surface area contributed by atoms with E-state index in [0.29, 0.717) is 36.3 Å². The number of alkyl halides is 3. The van der Waals surface area contributed by atoms with Gasteiger partial charge < -0.3 is 20.9 Å². The maximum atomic E-state index is 13.9. The highest BCUT2D eigenvalue weighted by Crippen LogP contribution is 2.35. The quantitative estimate of drug-likeness (QED) is 0.138. The van der Waals surface area contributed by atoms with E-state index in [2.05, 4.69) is 63.1 Å². The SMILES string of the molecule is CN(c1ncccc1CNc1nc(Nc2ccc(N3CCC(N4CCN(Cc5ccc(NC6CCC(=O)NC6=O)cc5)CC4)CC3)cc2)ncc1C(F)(F)F)S(C)(=O)=O. The molecule has 2 aromatic carbocycles. The van der Waals surface area contributed by atoms with Crippen LogP contribution >= 0.6 is 0 Å². The molecule has 2 aromatic heterocycles. The molecule has 0 spiro atoms. The van der Waals surface area contributed by atoms with Crippen molar-refractivity contribution in [2.75, 3.05) is 77.7 Å². The van der Waals surface area contributed by atoms with Crippen molar-refractivity contribution in [2.45, 2.75) is 57.0 Å². The summed E-state index contributed by atoms with van der Waals surface area (Å²) in [5.41, 5.74) is 3.04. The molecule has 1 unspecified atom stereocenters. The van der Waals surface area contributed by atoms with Crippen LogP contribution in [0.25, 0.3) is 0 Å². The first kappa shape index (κ1) is 41.6. The van der Waals surface area contributed by atoms with Gasteiger partial charge in [-0.05, 0) is 67.3 Å². The summed E-state index contributed by atoms with van der Waals surface area (Å²) < 4.78 is 67.1. The zero-order valence-corrected chi connectivity index (χ0v) is 33.7. The maximum Gasteiger partial charge on any atom is 0.421 e. The van der Waals surface area contributed by atoms with E-state index >= 15 is 0 Å². The van der Waals surface area contributed by atoms with Gasteiger partial charge in [0, 0.05) is 107 Å². The average molecular weight is 836 g/mol. The number of benzene rings is 2. The second-order valence-corrected chi connectivity index (χ2v) is 17.1. The van der Waals surface area contributed by atoms with E-state index in [-0.39, 0.29) is 30.1 Å². The minimum atomic E-state index is -4.73. The number of nitrogens with one attached hydrogen (secondary N) is 4. The molecule has 7 rings (SSSR count). The van der Waals surface area contributed by atoms with Crippen LogP contribution in [0.1, 0.15) is 42.4 Å². The lowest BCUT2D eigenvalue weighted by Gasteiger charge is -2.43. The summed E-state index contributed by atoms with van der Waals surface area (Å²) >= 11 is 0. The zero-order chi connectivity index (χ0) is 41.7. The van der Waals surface area contributed by atoms with E-state index in [1.54, 1.807) is 12.1 Å². The van der Waals surface area contributed by atoms with Gasteiger partial charge in [0.1, 0.15) is 23.2 Å². The van der Waals surface area contributed by atoms with Crippen molar-refractivity contribution in [1.29, 1.82) is 0 Å². The Labute approximate surface area is 341 Å². The van der Waals surface area contributed by atoms with E-state index in [4.69, 9.17) is 0 Å². The van der Waals surface area contributed by atoms with Gasteiger partial charge in [-0.1, -0.05) is 18.2 Å². The number of imide groups is 1. The van der Waals surface area contributed by atoms with Crippen LogP contribution in [0.5, 0.6) is 0 Å². The average Bonchev–Trinajstić information content (AvgIpc) is 3.21. The highest BCUT2D eigenvalue weighted by molar-refractivity contribution is 7.92. The lowest BCUT2D eigenvalue weighted by atomic mass is 10.0. The van der Waals surface area contributed by atoms with Gasteiger partial charge in [-0.25, -0.2) is 18.4 Å². The van der Waals surface area contributed by atoms with E-state index < -0.39 is 33.6 Å². The van der Waals surface area contributed by atoms with Crippen LogP contribution < -0.4 is 30.5 Å². The molecule has 3 aliphatic heterocycles. The fraction of sp³-hybridized carbons (Fsp3) is 0.425. The van der Waals surface area contributed by atoms with Crippen molar-refractivity contribution in [2.24, 2.45) is 0 Å². The molecule has 1 atom stereocenters. The van der Waals surface area contributed by atoms with Crippen molar-refractivity contribution in [3.63, 3.8) is 0 Å². The third-order valence-electron chi connectivity index (χ3n) is 11.0. The van der Waals surface area contributed by atoms with Crippen molar-refractivity contribution in [1.82, 2.24) is 30.1 Å². The molecule has 15 nitrogen and oxygen atoms in total. The van der Waals surface area contributed by atoms with Gasteiger partial charge in [0.2, 0.25) is 27.8 Å². The largest absolute Gasteiger partial charge is 0.421 e. The predicted molar refractivity (Wildman–Crippen MR) is 220 cm³/mol. The van der Waals surface area contributed by atoms with Gasteiger partial charge in [-0.15, -0.1) is 0 Å². The Morgan fingerprint density at radius 3 is 2.25 bits per heavy atom. The Morgan fingerprint density at radius 2 is 1.59 bits per heavy atom. The Balaban J connectivity index is 0.878. The molecule has 0 aliphatic carbocycles. The van der Waals surface area contributed by atoms with E-state index in [1.807, 2.05) is 36.4 Å². The van der Waals surface area contributed by atoms with Gasteiger partial charge in [0.05, 0.1) is 6.26 Å². The first-order valence-corrected chi connectivity index (χ1v) is 21.4. The number of aromatic nitrogens is 3. The van der Waals surface area contributed by atoms with E-state index in [1.165, 1.54) is 18.8 Å². The lowest BCUT2D eigenvalue weighted by Crippen LogP contribution is -2.53. The predicted octanol–water partition coefficient (Wildman–Crippen LogP) is 4.65. The van der Waals surface area contributed by atoms with Gasteiger partial charge in [0.25, 0.3) is 0 Å². The summed E-state index contributed by atoms with van der Waals surface area (Å²) in [5.74, 6) is -0.910. The molecule has 3 fully saturated rings. The summed E-state index contributed by atoms with van der Waals surface area (Å²) in [7, 11) is -2.34. The third-order valence-corrected chi connectivity index (χ3v) is 12.2. The molecule has 5 heterocycles. The van der Waals surface area contributed by atoms with Crippen LogP contribution in [-0.2, 0) is 38.9 Å². The normalized spacial score (nSPS) is 18.7. The number of carbonyl (C=O) groups excluding carboxylic acids is 2. The number of amides is 2. The number of hydrogen-bond acceptors (Lipinski definition) is 13. The number of hydrogen-bond donors (Lipinski definition) is 4. The first-order valence-electron chi connectivity index (χ1n) is 19.5. The van der Waals surface area contributed by atoms with Crippen molar-refractivity contribution < 1.29 is 31.2 Å². The Bertz CT molecular complexity index is 2210. The Morgan fingerprint density at radius 1 is 0.898 bits per heavy atom. The van der Waals surface area contributed by atoms with Crippen LogP contribution in [-0.4, -0.2) is 110 Å². The van der Waals surface area contributed by atoms with Crippen molar-refractivity contribution in [3.05, 3.63) is 89.7 Å². The Kier molecular flexibility index (Phi) is 12.5. The van der Waals surface area contributed by atoms with Gasteiger partial charge in [0.15, 0.2) is 0 Å². The maximum absolute atomic E-state index is 13.9. The van der Waals surface area contributed by atoms with Gasteiger partial charge in [-0.2, -0.15) is 18.2 Å². The highest BCUT2D eigenvalue weighted by atomic mass is 32.2. The van der Waals surface area contributed by atoms with Crippen LogP contribution in [0.2, 0.25) is 0 Å². The first-order chi connectivity index (χ1) is 28.2. The monoisotopic (exact) mass is 835 g/mol. The van der Waals surface area contributed by atoms with Gasteiger partial charge >= 0.3 is 6.18 Å². The number of nitrogens with zero attached hydrogens (tertiary/aromatic N) is 7. The molecule has 3 aliphatic rings. The second kappa shape index (κ2) is 17.8. The van der Waals surface area contributed by atoms with Crippen LogP contribution in [0.3, 0.4) is 0 Å². The molecule has 314 valence electrons. The summed E-state index contributed by atoms with van der Waals surface area (Å²) in [6.07, 6.45) is 1.32. The smallest absolute Gasteiger partial charge is 0.374 e. The molecule has 4 aromatic rings. The highest BCUT2D eigenvalue weighted by Gasteiger charge is 2.36. The minimum Gasteiger partial charge on any atom is -0.374 e. The third kappa shape index (κ3) is 10.6. The molecule has 0 radical (unpaired) electrons. The van der Waals surface area contributed by atoms with E-state index in [0.717, 1.165) is 80.6 Å². The fourth-order valence-corrected chi connectivity index (χ4v) is 8.11. The summed E-state index contributed by atoms with van der Waals surface area (Å²) in [5, 5.41) is 11.3. The number of carbonyl (C=O) groups is 2.